The molecule has 0 saturated carbocycles. The Morgan fingerprint density at radius 2 is 2.27 bits per heavy atom. The summed E-state index contributed by atoms with van der Waals surface area (Å²) in [7, 11) is 0. The molecule has 0 spiro atoms. The zero-order valence-corrected chi connectivity index (χ0v) is 9.45. The van der Waals surface area contributed by atoms with Crippen LogP contribution in [0.4, 0.5) is 0 Å². The average Bonchev–Trinajstić information content (AvgIpc) is 2.80. The molecule has 2 N–H and O–H groups in total. The first-order valence-electron chi connectivity index (χ1n) is 6.36. The van der Waals surface area contributed by atoms with Crippen molar-refractivity contribution in [2.75, 3.05) is 19.7 Å². The van der Waals surface area contributed by atoms with Gasteiger partial charge in [0, 0.05) is 13.2 Å². The minimum absolute atomic E-state index is 0.123. The number of ether oxygens (including phenoxy) is 1. The van der Waals surface area contributed by atoms with Gasteiger partial charge in [-0.15, -0.1) is 0 Å². The van der Waals surface area contributed by atoms with Gasteiger partial charge in [0.25, 0.3) is 0 Å². The lowest BCUT2D eigenvalue weighted by atomic mass is 9.90. The Morgan fingerprint density at radius 3 is 2.93 bits per heavy atom. The monoisotopic (exact) mass is 213 g/mol. The fourth-order valence-corrected chi connectivity index (χ4v) is 2.67. The first-order chi connectivity index (χ1) is 7.36. The van der Waals surface area contributed by atoms with E-state index in [2.05, 4.69) is 5.32 Å². The van der Waals surface area contributed by atoms with Crippen molar-refractivity contribution < 1.29 is 9.84 Å². The smallest absolute Gasteiger partial charge is 0.0581 e. The van der Waals surface area contributed by atoms with Crippen molar-refractivity contribution in [2.24, 2.45) is 5.92 Å². The minimum atomic E-state index is -0.123. The molecule has 2 fully saturated rings. The fourth-order valence-electron chi connectivity index (χ4n) is 2.67. The van der Waals surface area contributed by atoms with Crippen LogP contribution >= 0.6 is 0 Å². The van der Waals surface area contributed by atoms with E-state index in [0.29, 0.717) is 12.0 Å². The molecule has 0 amide bonds. The average molecular weight is 213 g/mol. The summed E-state index contributed by atoms with van der Waals surface area (Å²) in [5.74, 6) is 0.472. The number of rotatable bonds is 4. The second-order valence-corrected chi connectivity index (χ2v) is 4.89. The summed E-state index contributed by atoms with van der Waals surface area (Å²) >= 11 is 0. The molecule has 0 aromatic rings. The standard InChI is InChI=1S/C12H23NO2/c14-12(10-3-1-7-13-9-10)6-5-11-4-2-8-15-11/h10-14H,1-9H2. The van der Waals surface area contributed by atoms with Crippen LogP contribution in [0.25, 0.3) is 0 Å². The van der Waals surface area contributed by atoms with Gasteiger partial charge in [-0.3, -0.25) is 0 Å². The van der Waals surface area contributed by atoms with E-state index in [1.54, 1.807) is 0 Å². The van der Waals surface area contributed by atoms with Gasteiger partial charge in [0.15, 0.2) is 0 Å². The van der Waals surface area contributed by atoms with Crippen LogP contribution in [-0.4, -0.2) is 37.0 Å². The molecule has 3 atom stereocenters. The van der Waals surface area contributed by atoms with Gasteiger partial charge in [-0.2, -0.15) is 0 Å². The fraction of sp³-hybridized carbons (Fsp3) is 1.00. The maximum Gasteiger partial charge on any atom is 0.0581 e. The maximum atomic E-state index is 10.0. The van der Waals surface area contributed by atoms with E-state index in [1.807, 2.05) is 0 Å². The van der Waals surface area contributed by atoms with Crippen molar-refractivity contribution in [1.82, 2.24) is 5.32 Å². The Bertz CT molecular complexity index is 174. The molecule has 0 bridgehead atoms. The summed E-state index contributed by atoms with van der Waals surface area (Å²) in [5.41, 5.74) is 0. The summed E-state index contributed by atoms with van der Waals surface area (Å²) in [6.07, 6.45) is 7.04. The highest BCUT2D eigenvalue weighted by atomic mass is 16.5. The molecule has 2 heterocycles. The van der Waals surface area contributed by atoms with Crippen molar-refractivity contribution >= 4 is 0 Å². The van der Waals surface area contributed by atoms with Gasteiger partial charge in [-0.1, -0.05) is 0 Å². The van der Waals surface area contributed by atoms with E-state index in [0.717, 1.165) is 32.5 Å². The highest BCUT2D eigenvalue weighted by Gasteiger charge is 2.23. The Morgan fingerprint density at radius 1 is 1.33 bits per heavy atom. The zero-order chi connectivity index (χ0) is 10.5. The number of hydrogen-bond acceptors (Lipinski definition) is 3. The lowest BCUT2D eigenvalue weighted by Gasteiger charge is -2.27. The van der Waals surface area contributed by atoms with E-state index in [9.17, 15) is 5.11 Å². The van der Waals surface area contributed by atoms with Crippen LogP contribution in [0.3, 0.4) is 0 Å². The summed E-state index contributed by atoms with van der Waals surface area (Å²) in [5, 5.41) is 13.4. The van der Waals surface area contributed by atoms with Gasteiger partial charge in [0.1, 0.15) is 0 Å². The van der Waals surface area contributed by atoms with Crippen molar-refractivity contribution in [3.8, 4) is 0 Å². The third-order valence-electron chi connectivity index (χ3n) is 3.69. The number of aliphatic hydroxyl groups excluding tert-OH is 1. The molecule has 15 heavy (non-hydrogen) atoms. The third kappa shape index (κ3) is 3.44. The quantitative estimate of drug-likeness (QED) is 0.740. The molecule has 0 aromatic heterocycles. The predicted molar refractivity (Wildman–Crippen MR) is 59.8 cm³/mol. The molecule has 0 aromatic carbocycles. The number of aliphatic hydroxyl groups is 1. The van der Waals surface area contributed by atoms with Crippen LogP contribution in [0.15, 0.2) is 0 Å². The molecule has 3 heteroatoms. The molecule has 0 aliphatic carbocycles. The Labute approximate surface area is 92.2 Å². The van der Waals surface area contributed by atoms with E-state index in [1.165, 1.54) is 25.7 Å². The predicted octanol–water partition coefficient (Wildman–Crippen LogP) is 1.31. The Hall–Kier alpha value is -0.120. The molecule has 3 unspecified atom stereocenters. The number of nitrogens with one attached hydrogen (secondary N) is 1. The van der Waals surface area contributed by atoms with Gasteiger partial charge in [-0.25, -0.2) is 0 Å². The minimum Gasteiger partial charge on any atom is -0.393 e. The van der Waals surface area contributed by atoms with E-state index in [4.69, 9.17) is 4.74 Å². The molecule has 0 radical (unpaired) electrons. The molecule has 3 nitrogen and oxygen atoms in total. The largest absolute Gasteiger partial charge is 0.393 e. The molecular formula is C12H23NO2. The van der Waals surface area contributed by atoms with Gasteiger partial charge in [0.2, 0.25) is 0 Å². The van der Waals surface area contributed by atoms with E-state index in [-0.39, 0.29) is 6.10 Å². The van der Waals surface area contributed by atoms with Gasteiger partial charge >= 0.3 is 0 Å². The van der Waals surface area contributed by atoms with Crippen LogP contribution in [-0.2, 0) is 4.74 Å². The van der Waals surface area contributed by atoms with Crippen LogP contribution in [0.1, 0.15) is 38.5 Å². The van der Waals surface area contributed by atoms with Crippen LogP contribution < -0.4 is 5.32 Å². The summed E-state index contributed by atoms with van der Waals surface area (Å²) < 4.78 is 5.56. The van der Waals surface area contributed by atoms with Crippen LogP contribution in [0.2, 0.25) is 0 Å². The highest BCUT2D eigenvalue weighted by Crippen LogP contribution is 2.22. The maximum absolute atomic E-state index is 10.0. The molecule has 88 valence electrons. The molecule has 2 rings (SSSR count). The number of hydrogen-bond donors (Lipinski definition) is 2. The topological polar surface area (TPSA) is 41.5 Å². The lowest BCUT2D eigenvalue weighted by Crippen LogP contribution is -2.37. The van der Waals surface area contributed by atoms with Crippen molar-refractivity contribution in [3.63, 3.8) is 0 Å². The third-order valence-corrected chi connectivity index (χ3v) is 3.69. The Kier molecular flexibility index (Phi) is 4.42. The number of piperidine rings is 1. The SMILES string of the molecule is OC(CCC1CCCO1)C1CCCNC1. The van der Waals surface area contributed by atoms with E-state index >= 15 is 0 Å². The zero-order valence-electron chi connectivity index (χ0n) is 9.45. The summed E-state index contributed by atoms with van der Waals surface area (Å²) in [6, 6.07) is 0. The highest BCUT2D eigenvalue weighted by molar-refractivity contribution is 4.77. The Balaban J connectivity index is 1.64. The van der Waals surface area contributed by atoms with Crippen molar-refractivity contribution in [3.05, 3.63) is 0 Å². The second-order valence-electron chi connectivity index (χ2n) is 4.89. The van der Waals surface area contributed by atoms with E-state index < -0.39 is 0 Å². The second kappa shape index (κ2) is 5.83. The van der Waals surface area contributed by atoms with Crippen LogP contribution in [0, 0.1) is 5.92 Å². The normalized spacial score (nSPS) is 34.2. The molecule has 2 aliphatic heterocycles. The van der Waals surface area contributed by atoms with Crippen molar-refractivity contribution in [2.45, 2.75) is 50.7 Å². The van der Waals surface area contributed by atoms with Gasteiger partial charge in [-0.05, 0) is 51.0 Å². The summed E-state index contributed by atoms with van der Waals surface area (Å²) in [4.78, 5) is 0. The molecule has 2 aliphatic rings. The molecular weight excluding hydrogens is 190 g/mol. The van der Waals surface area contributed by atoms with Crippen molar-refractivity contribution in [1.29, 1.82) is 0 Å². The summed E-state index contributed by atoms with van der Waals surface area (Å²) in [6.45, 7) is 3.04. The first-order valence-corrected chi connectivity index (χ1v) is 6.36. The van der Waals surface area contributed by atoms with Crippen LogP contribution in [0.5, 0.6) is 0 Å². The van der Waals surface area contributed by atoms with Gasteiger partial charge < -0.3 is 15.2 Å². The lowest BCUT2D eigenvalue weighted by molar-refractivity contribution is 0.0517. The molecule has 2 saturated heterocycles. The first kappa shape index (κ1) is 11.4. The van der Waals surface area contributed by atoms with Gasteiger partial charge in [0.05, 0.1) is 12.2 Å².